The minimum atomic E-state index is -1.55. The van der Waals surface area contributed by atoms with Crippen LogP contribution >= 0.6 is 0 Å². The Morgan fingerprint density at radius 1 is 1.05 bits per heavy atom. The smallest absolute Gasteiger partial charge is 0.338 e. The van der Waals surface area contributed by atoms with Crippen molar-refractivity contribution in [3.8, 4) is 0 Å². The van der Waals surface area contributed by atoms with Gasteiger partial charge in [-0.15, -0.1) is 0 Å². The Morgan fingerprint density at radius 2 is 1.75 bits per heavy atom. The molecule has 2 aromatic rings. The second-order valence-electron chi connectivity index (χ2n) is 4.04. The SMILES string of the molecule is O=C(O)c1ccc(NCc2ccccc2F)c(F)c1F. The third kappa shape index (κ3) is 2.74. The predicted octanol–water partition coefficient (Wildman–Crippen LogP) is 3.41. The monoisotopic (exact) mass is 281 g/mol. The predicted molar refractivity (Wildman–Crippen MR) is 67.0 cm³/mol. The van der Waals surface area contributed by atoms with Crippen LogP contribution in [0.3, 0.4) is 0 Å². The van der Waals surface area contributed by atoms with E-state index in [9.17, 15) is 18.0 Å². The number of aromatic carboxylic acids is 1. The largest absolute Gasteiger partial charge is 0.478 e. The Bertz CT molecular complexity index is 659. The minimum absolute atomic E-state index is 0.0462. The van der Waals surface area contributed by atoms with Crippen molar-refractivity contribution in [3.05, 3.63) is 65.0 Å². The quantitative estimate of drug-likeness (QED) is 0.902. The van der Waals surface area contributed by atoms with E-state index >= 15 is 0 Å². The first kappa shape index (κ1) is 13.9. The lowest BCUT2D eigenvalue weighted by Gasteiger charge is -2.10. The number of anilines is 1. The first-order valence-electron chi connectivity index (χ1n) is 5.69. The molecule has 0 amide bonds. The molecule has 2 aromatic carbocycles. The molecule has 0 atom stereocenters. The molecule has 2 rings (SSSR count). The molecule has 0 heterocycles. The van der Waals surface area contributed by atoms with Crippen LogP contribution in [0.4, 0.5) is 18.9 Å². The van der Waals surface area contributed by atoms with Gasteiger partial charge in [-0.1, -0.05) is 18.2 Å². The van der Waals surface area contributed by atoms with Gasteiger partial charge >= 0.3 is 5.97 Å². The molecule has 0 aliphatic carbocycles. The number of nitrogens with one attached hydrogen (secondary N) is 1. The molecule has 0 spiro atoms. The number of rotatable bonds is 4. The van der Waals surface area contributed by atoms with E-state index < -0.39 is 29.0 Å². The van der Waals surface area contributed by atoms with Crippen molar-refractivity contribution in [3.63, 3.8) is 0 Å². The van der Waals surface area contributed by atoms with E-state index in [1.807, 2.05) is 0 Å². The maximum atomic E-state index is 13.6. The number of hydrogen-bond donors (Lipinski definition) is 2. The molecular weight excluding hydrogens is 271 g/mol. The van der Waals surface area contributed by atoms with Gasteiger partial charge in [-0.25, -0.2) is 18.0 Å². The number of halogens is 3. The van der Waals surface area contributed by atoms with Gasteiger partial charge in [0.05, 0.1) is 11.3 Å². The van der Waals surface area contributed by atoms with Gasteiger partial charge in [0.2, 0.25) is 0 Å². The lowest BCUT2D eigenvalue weighted by atomic mass is 10.1. The summed E-state index contributed by atoms with van der Waals surface area (Å²) in [6, 6.07) is 7.93. The van der Waals surface area contributed by atoms with Crippen LogP contribution < -0.4 is 5.32 Å². The van der Waals surface area contributed by atoms with Gasteiger partial charge in [0.25, 0.3) is 0 Å². The third-order valence-corrected chi connectivity index (χ3v) is 2.74. The summed E-state index contributed by atoms with van der Waals surface area (Å²) in [5, 5.41) is 11.2. The summed E-state index contributed by atoms with van der Waals surface area (Å²) in [5.41, 5.74) is -0.690. The van der Waals surface area contributed by atoms with E-state index in [1.54, 1.807) is 6.07 Å². The molecule has 20 heavy (non-hydrogen) atoms. The topological polar surface area (TPSA) is 49.3 Å². The summed E-state index contributed by atoms with van der Waals surface area (Å²) < 4.78 is 40.4. The van der Waals surface area contributed by atoms with Gasteiger partial charge in [-0.2, -0.15) is 0 Å². The van der Waals surface area contributed by atoms with Crippen molar-refractivity contribution >= 4 is 11.7 Å². The zero-order valence-corrected chi connectivity index (χ0v) is 10.2. The van der Waals surface area contributed by atoms with Crippen molar-refractivity contribution < 1.29 is 23.1 Å². The average Bonchev–Trinajstić information content (AvgIpc) is 2.41. The molecule has 0 saturated carbocycles. The van der Waals surface area contributed by atoms with Crippen LogP contribution in [0.25, 0.3) is 0 Å². The van der Waals surface area contributed by atoms with Gasteiger partial charge in [0, 0.05) is 12.1 Å². The van der Waals surface area contributed by atoms with E-state index in [4.69, 9.17) is 5.11 Å². The summed E-state index contributed by atoms with van der Waals surface area (Å²) in [7, 11) is 0. The standard InChI is InChI=1S/C14H10F3NO2/c15-10-4-2-1-3-8(10)7-18-11-6-5-9(14(19)20)12(16)13(11)17/h1-6,18H,7H2,(H,19,20). The van der Waals surface area contributed by atoms with Gasteiger partial charge in [-0.3, -0.25) is 0 Å². The first-order valence-corrected chi connectivity index (χ1v) is 5.69. The van der Waals surface area contributed by atoms with Gasteiger partial charge in [0.15, 0.2) is 11.6 Å². The number of hydrogen-bond acceptors (Lipinski definition) is 2. The van der Waals surface area contributed by atoms with Crippen molar-refractivity contribution in [2.24, 2.45) is 0 Å². The van der Waals surface area contributed by atoms with Crippen molar-refractivity contribution in [2.45, 2.75) is 6.54 Å². The van der Waals surface area contributed by atoms with Gasteiger partial charge in [-0.05, 0) is 18.2 Å². The highest BCUT2D eigenvalue weighted by atomic mass is 19.2. The summed E-state index contributed by atoms with van der Waals surface area (Å²) in [5.74, 6) is -4.78. The second kappa shape index (κ2) is 5.64. The fourth-order valence-corrected chi connectivity index (χ4v) is 1.68. The highest BCUT2D eigenvalue weighted by molar-refractivity contribution is 5.88. The summed E-state index contributed by atoms with van der Waals surface area (Å²) in [4.78, 5) is 10.6. The Kier molecular flexibility index (Phi) is 3.93. The van der Waals surface area contributed by atoms with E-state index in [1.165, 1.54) is 18.2 Å². The molecule has 0 saturated heterocycles. The fourth-order valence-electron chi connectivity index (χ4n) is 1.68. The molecule has 104 valence electrons. The van der Waals surface area contributed by atoms with Crippen molar-refractivity contribution in [1.29, 1.82) is 0 Å². The van der Waals surface area contributed by atoms with Crippen LogP contribution in [0, 0.1) is 17.5 Å². The number of benzene rings is 2. The molecule has 0 bridgehead atoms. The molecule has 3 nitrogen and oxygen atoms in total. The summed E-state index contributed by atoms with van der Waals surface area (Å²) in [6.07, 6.45) is 0. The highest BCUT2D eigenvalue weighted by Crippen LogP contribution is 2.21. The molecule has 2 N–H and O–H groups in total. The lowest BCUT2D eigenvalue weighted by Crippen LogP contribution is -2.08. The lowest BCUT2D eigenvalue weighted by molar-refractivity contribution is 0.0690. The average molecular weight is 281 g/mol. The summed E-state index contributed by atoms with van der Waals surface area (Å²) in [6.45, 7) is -0.0462. The van der Waals surface area contributed by atoms with E-state index in [-0.39, 0.29) is 17.8 Å². The number of carboxylic acid groups (broad SMARTS) is 1. The Hall–Kier alpha value is -2.50. The molecule has 0 aliphatic rings. The molecule has 0 aliphatic heterocycles. The maximum Gasteiger partial charge on any atom is 0.338 e. The Balaban J connectivity index is 2.21. The zero-order valence-electron chi connectivity index (χ0n) is 10.2. The van der Waals surface area contributed by atoms with Crippen LogP contribution in [-0.2, 0) is 6.54 Å². The first-order chi connectivity index (χ1) is 9.50. The van der Waals surface area contributed by atoms with Crippen LogP contribution in [0.1, 0.15) is 15.9 Å². The van der Waals surface area contributed by atoms with Gasteiger partial charge in [0.1, 0.15) is 5.82 Å². The zero-order chi connectivity index (χ0) is 14.7. The van der Waals surface area contributed by atoms with Gasteiger partial charge < -0.3 is 10.4 Å². The van der Waals surface area contributed by atoms with Crippen molar-refractivity contribution in [2.75, 3.05) is 5.32 Å². The molecular formula is C14H10F3NO2. The van der Waals surface area contributed by atoms with E-state index in [0.717, 1.165) is 12.1 Å². The van der Waals surface area contributed by atoms with E-state index in [2.05, 4.69) is 5.32 Å². The third-order valence-electron chi connectivity index (χ3n) is 2.74. The Labute approximate surface area is 112 Å². The minimum Gasteiger partial charge on any atom is -0.478 e. The highest BCUT2D eigenvalue weighted by Gasteiger charge is 2.17. The molecule has 0 fully saturated rings. The van der Waals surface area contributed by atoms with Crippen LogP contribution in [0.2, 0.25) is 0 Å². The van der Waals surface area contributed by atoms with Crippen LogP contribution in [0.5, 0.6) is 0 Å². The molecule has 0 aromatic heterocycles. The van der Waals surface area contributed by atoms with E-state index in [0.29, 0.717) is 0 Å². The van der Waals surface area contributed by atoms with Crippen molar-refractivity contribution in [1.82, 2.24) is 0 Å². The van der Waals surface area contributed by atoms with Crippen LogP contribution in [-0.4, -0.2) is 11.1 Å². The fraction of sp³-hybridized carbons (Fsp3) is 0.0714. The van der Waals surface area contributed by atoms with Crippen LogP contribution in [0.15, 0.2) is 36.4 Å². The Morgan fingerprint density at radius 3 is 2.40 bits per heavy atom. The number of carboxylic acids is 1. The second-order valence-corrected chi connectivity index (χ2v) is 4.04. The molecule has 0 unspecified atom stereocenters. The molecule has 0 radical (unpaired) electrons. The normalized spacial score (nSPS) is 10.3. The molecule has 6 heteroatoms. The maximum absolute atomic E-state index is 13.6. The number of carbonyl (C=O) groups is 1. The summed E-state index contributed by atoms with van der Waals surface area (Å²) >= 11 is 0.